The molecule has 0 atom stereocenters. The molecule has 4 nitrogen and oxygen atoms in total. The zero-order valence-corrected chi connectivity index (χ0v) is 9.81. The number of hydrogen-bond acceptors (Lipinski definition) is 4. The first-order valence-electron chi connectivity index (χ1n) is 5.28. The molecule has 0 aromatic carbocycles. The van der Waals surface area contributed by atoms with Gasteiger partial charge in [0.15, 0.2) is 5.82 Å². The van der Waals surface area contributed by atoms with Gasteiger partial charge < -0.3 is 5.73 Å². The van der Waals surface area contributed by atoms with E-state index in [-0.39, 0.29) is 0 Å². The molecule has 2 aromatic rings. The number of aromatic nitrogens is 3. The number of rotatable bonds is 1. The number of anilines is 1. The fourth-order valence-electron chi connectivity index (χ4n) is 1.25. The number of hydrogen-bond donors (Lipinski definition) is 1. The molecule has 0 saturated heterocycles. The van der Waals surface area contributed by atoms with E-state index in [4.69, 9.17) is 5.73 Å². The van der Waals surface area contributed by atoms with Crippen molar-refractivity contribution < 1.29 is 0 Å². The average Bonchev–Trinajstić information content (AvgIpc) is 2.33. The predicted molar refractivity (Wildman–Crippen MR) is 65.8 cm³/mol. The van der Waals surface area contributed by atoms with E-state index < -0.39 is 0 Å². The summed E-state index contributed by atoms with van der Waals surface area (Å²) in [4.78, 5) is 12.4. The number of pyridine rings is 1. The monoisotopic (exact) mass is 216 g/mol. The summed E-state index contributed by atoms with van der Waals surface area (Å²) < 4.78 is 0. The van der Waals surface area contributed by atoms with Crippen LogP contribution in [-0.2, 0) is 0 Å². The first-order chi connectivity index (χ1) is 7.77. The van der Waals surface area contributed by atoms with E-state index in [2.05, 4.69) is 15.0 Å². The summed E-state index contributed by atoms with van der Waals surface area (Å²) in [6.45, 7) is 5.89. The minimum absolute atomic E-state index is 0.516. The van der Waals surface area contributed by atoms with Gasteiger partial charge in [0.2, 0.25) is 0 Å². The Bertz CT molecular complexity index is 440. The summed E-state index contributed by atoms with van der Waals surface area (Å²) in [6.07, 6.45) is 3.41. The van der Waals surface area contributed by atoms with Gasteiger partial charge in [-0.05, 0) is 25.1 Å². The molecule has 2 N–H and O–H groups in total. The van der Waals surface area contributed by atoms with Crippen LogP contribution in [-0.4, -0.2) is 15.0 Å². The Kier molecular flexibility index (Phi) is 4.39. The summed E-state index contributed by atoms with van der Waals surface area (Å²) in [7, 11) is 0. The van der Waals surface area contributed by atoms with Gasteiger partial charge in [0.05, 0.1) is 5.69 Å². The SMILES string of the molecule is CC.Cc1nc(N)ccc1-c1ncccn1. The van der Waals surface area contributed by atoms with Crippen LogP contribution in [0.3, 0.4) is 0 Å². The smallest absolute Gasteiger partial charge is 0.160 e. The van der Waals surface area contributed by atoms with Crippen molar-refractivity contribution in [1.29, 1.82) is 0 Å². The van der Waals surface area contributed by atoms with Crippen molar-refractivity contribution in [2.24, 2.45) is 0 Å². The highest BCUT2D eigenvalue weighted by Crippen LogP contribution is 2.17. The van der Waals surface area contributed by atoms with E-state index >= 15 is 0 Å². The van der Waals surface area contributed by atoms with Crippen molar-refractivity contribution >= 4 is 5.82 Å². The molecule has 0 aliphatic heterocycles. The van der Waals surface area contributed by atoms with Gasteiger partial charge in [-0.2, -0.15) is 0 Å². The summed E-state index contributed by atoms with van der Waals surface area (Å²) >= 11 is 0. The summed E-state index contributed by atoms with van der Waals surface area (Å²) in [6, 6.07) is 5.41. The van der Waals surface area contributed by atoms with Crippen molar-refractivity contribution in [2.75, 3.05) is 5.73 Å². The lowest BCUT2D eigenvalue weighted by Gasteiger charge is -2.03. The van der Waals surface area contributed by atoms with Crippen LogP contribution in [0, 0.1) is 6.92 Å². The number of aryl methyl sites for hydroxylation is 1. The van der Waals surface area contributed by atoms with E-state index in [1.54, 1.807) is 24.5 Å². The van der Waals surface area contributed by atoms with Gasteiger partial charge in [0.25, 0.3) is 0 Å². The minimum atomic E-state index is 0.516. The lowest BCUT2D eigenvalue weighted by molar-refractivity contribution is 1.13. The average molecular weight is 216 g/mol. The highest BCUT2D eigenvalue weighted by atomic mass is 14.9. The van der Waals surface area contributed by atoms with Crippen LogP contribution in [0.25, 0.3) is 11.4 Å². The van der Waals surface area contributed by atoms with E-state index in [0.29, 0.717) is 11.6 Å². The zero-order valence-electron chi connectivity index (χ0n) is 9.81. The number of nitrogens with zero attached hydrogens (tertiary/aromatic N) is 3. The summed E-state index contributed by atoms with van der Waals surface area (Å²) in [5, 5.41) is 0. The van der Waals surface area contributed by atoms with Gasteiger partial charge in [-0.15, -0.1) is 0 Å². The molecular weight excluding hydrogens is 200 g/mol. The second-order valence-corrected chi connectivity index (χ2v) is 2.94. The largest absolute Gasteiger partial charge is 0.384 e. The normalized spacial score (nSPS) is 9.19. The Balaban J connectivity index is 0.000000606. The van der Waals surface area contributed by atoms with Gasteiger partial charge >= 0.3 is 0 Å². The maximum absolute atomic E-state index is 5.55. The van der Waals surface area contributed by atoms with Crippen LogP contribution in [0.4, 0.5) is 5.82 Å². The highest BCUT2D eigenvalue weighted by Gasteiger charge is 2.04. The van der Waals surface area contributed by atoms with E-state index in [1.165, 1.54) is 0 Å². The molecule has 2 rings (SSSR count). The maximum Gasteiger partial charge on any atom is 0.160 e. The molecule has 0 aliphatic rings. The molecule has 0 aliphatic carbocycles. The first kappa shape index (κ1) is 12.1. The molecule has 0 radical (unpaired) electrons. The molecule has 84 valence electrons. The molecule has 2 aromatic heterocycles. The highest BCUT2D eigenvalue weighted by molar-refractivity contribution is 5.59. The molecule has 0 saturated carbocycles. The van der Waals surface area contributed by atoms with Crippen LogP contribution in [0.1, 0.15) is 19.5 Å². The quantitative estimate of drug-likeness (QED) is 0.795. The van der Waals surface area contributed by atoms with E-state index in [1.807, 2.05) is 26.8 Å². The van der Waals surface area contributed by atoms with Gasteiger partial charge in [0, 0.05) is 18.0 Å². The summed E-state index contributed by atoms with van der Waals surface area (Å²) in [5.41, 5.74) is 7.31. The van der Waals surface area contributed by atoms with Crippen LogP contribution >= 0.6 is 0 Å². The van der Waals surface area contributed by atoms with Crippen LogP contribution in [0.15, 0.2) is 30.6 Å². The minimum Gasteiger partial charge on any atom is -0.384 e. The van der Waals surface area contributed by atoms with Gasteiger partial charge in [-0.1, -0.05) is 13.8 Å². The predicted octanol–water partition coefficient (Wildman–Crippen LogP) is 2.46. The Morgan fingerprint density at radius 2 is 1.69 bits per heavy atom. The van der Waals surface area contributed by atoms with Crippen LogP contribution in [0.2, 0.25) is 0 Å². The molecule has 0 amide bonds. The first-order valence-corrected chi connectivity index (χ1v) is 5.28. The molecule has 0 bridgehead atoms. The fourth-order valence-corrected chi connectivity index (χ4v) is 1.25. The third-order valence-corrected chi connectivity index (χ3v) is 1.91. The van der Waals surface area contributed by atoms with Crippen molar-refractivity contribution in [3.8, 4) is 11.4 Å². The van der Waals surface area contributed by atoms with Gasteiger partial charge in [0.1, 0.15) is 5.82 Å². The number of nitrogens with two attached hydrogens (primary N) is 1. The van der Waals surface area contributed by atoms with Crippen molar-refractivity contribution in [2.45, 2.75) is 20.8 Å². The van der Waals surface area contributed by atoms with Crippen molar-refractivity contribution in [3.63, 3.8) is 0 Å². The van der Waals surface area contributed by atoms with Crippen molar-refractivity contribution in [3.05, 3.63) is 36.3 Å². The maximum atomic E-state index is 5.55. The Morgan fingerprint density at radius 3 is 2.25 bits per heavy atom. The molecule has 0 unspecified atom stereocenters. The topological polar surface area (TPSA) is 64.7 Å². The third kappa shape index (κ3) is 2.76. The lowest BCUT2D eigenvalue weighted by atomic mass is 10.2. The van der Waals surface area contributed by atoms with Gasteiger partial charge in [-0.25, -0.2) is 15.0 Å². The van der Waals surface area contributed by atoms with Crippen molar-refractivity contribution in [1.82, 2.24) is 15.0 Å². The molecule has 2 heterocycles. The standard InChI is InChI=1S/C10H10N4.C2H6/c1-7-8(3-4-9(11)14-7)10-12-5-2-6-13-10;1-2/h2-6H,1H3,(H2,11,14);1-2H3. The number of nitrogen functional groups attached to an aromatic ring is 1. The third-order valence-electron chi connectivity index (χ3n) is 1.91. The van der Waals surface area contributed by atoms with Crippen LogP contribution < -0.4 is 5.73 Å². The fraction of sp³-hybridized carbons (Fsp3) is 0.250. The molecule has 0 spiro atoms. The lowest BCUT2D eigenvalue weighted by Crippen LogP contribution is -1.96. The Hall–Kier alpha value is -1.97. The van der Waals surface area contributed by atoms with Crippen LogP contribution in [0.5, 0.6) is 0 Å². The zero-order chi connectivity index (χ0) is 12.0. The molecule has 4 heteroatoms. The molecule has 0 fully saturated rings. The summed E-state index contributed by atoms with van der Waals surface area (Å²) in [5.74, 6) is 1.19. The Morgan fingerprint density at radius 1 is 1.06 bits per heavy atom. The Labute approximate surface area is 95.6 Å². The second kappa shape index (κ2) is 5.80. The molecular formula is C12H16N4. The van der Waals surface area contributed by atoms with E-state index in [0.717, 1.165) is 11.3 Å². The van der Waals surface area contributed by atoms with E-state index in [9.17, 15) is 0 Å². The molecule has 16 heavy (non-hydrogen) atoms. The second-order valence-electron chi connectivity index (χ2n) is 2.94. The van der Waals surface area contributed by atoms with Gasteiger partial charge in [-0.3, -0.25) is 0 Å².